The normalized spacial score (nSPS) is 10.0. The second-order valence-electron chi connectivity index (χ2n) is 5.32. The molecule has 0 aliphatic rings. The van der Waals surface area contributed by atoms with Gasteiger partial charge in [0.25, 0.3) is 5.69 Å². The largest absolute Gasteiger partial charge is 0.497 e. The molecule has 2 aromatic carbocycles. The lowest BCUT2D eigenvalue weighted by Crippen LogP contribution is -2.29. The number of para-hydroxylation sites is 2. The van der Waals surface area contributed by atoms with Crippen molar-refractivity contribution in [3.63, 3.8) is 0 Å². The van der Waals surface area contributed by atoms with E-state index in [0.29, 0.717) is 24.5 Å². The van der Waals surface area contributed by atoms with Crippen molar-refractivity contribution in [1.82, 2.24) is 5.32 Å². The van der Waals surface area contributed by atoms with Crippen molar-refractivity contribution >= 4 is 17.3 Å². The van der Waals surface area contributed by atoms with Crippen molar-refractivity contribution in [1.29, 1.82) is 0 Å². The SMILES string of the molecule is COc1ccc(OCCC(=O)NCCNc2ccccc2[N+](=O)[O-])cc1. The van der Waals surface area contributed by atoms with Gasteiger partial charge < -0.3 is 20.1 Å². The minimum absolute atomic E-state index is 0.00622. The Labute approximate surface area is 151 Å². The predicted molar refractivity (Wildman–Crippen MR) is 97.7 cm³/mol. The number of nitro groups is 1. The average molecular weight is 359 g/mol. The second-order valence-corrected chi connectivity index (χ2v) is 5.32. The molecule has 0 bridgehead atoms. The monoisotopic (exact) mass is 359 g/mol. The molecule has 0 radical (unpaired) electrons. The minimum Gasteiger partial charge on any atom is -0.497 e. The summed E-state index contributed by atoms with van der Waals surface area (Å²) in [4.78, 5) is 22.2. The maximum absolute atomic E-state index is 11.8. The summed E-state index contributed by atoms with van der Waals surface area (Å²) in [7, 11) is 1.59. The molecule has 0 atom stereocenters. The molecule has 8 heteroatoms. The average Bonchev–Trinajstić information content (AvgIpc) is 2.66. The van der Waals surface area contributed by atoms with Gasteiger partial charge in [-0.05, 0) is 30.3 Å². The number of hydrogen-bond donors (Lipinski definition) is 2. The van der Waals surface area contributed by atoms with Crippen LogP contribution < -0.4 is 20.1 Å². The summed E-state index contributed by atoms with van der Waals surface area (Å²) in [6.07, 6.45) is 0.220. The summed E-state index contributed by atoms with van der Waals surface area (Å²) < 4.78 is 10.5. The standard InChI is InChI=1S/C18H21N3O5/c1-25-14-6-8-15(9-7-14)26-13-10-18(22)20-12-11-19-16-4-2-3-5-17(16)21(23)24/h2-9,19H,10-13H2,1H3,(H,20,22). The van der Waals surface area contributed by atoms with Gasteiger partial charge >= 0.3 is 0 Å². The number of amides is 1. The van der Waals surface area contributed by atoms with E-state index in [1.165, 1.54) is 6.07 Å². The Balaban J connectivity index is 1.64. The smallest absolute Gasteiger partial charge is 0.292 e. The number of rotatable bonds is 10. The Hall–Kier alpha value is -3.29. The van der Waals surface area contributed by atoms with E-state index < -0.39 is 4.92 Å². The first-order valence-corrected chi connectivity index (χ1v) is 8.11. The molecule has 0 saturated heterocycles. The van der Waals surface area contributed by atoms with Crippen LogP contribution in [0.3, 0.4) is 0 Å². The number of ether oxygens (including phenoxy) is 2. The highest BCUT2D eigenvalue weighted by molar-refractivity contribution is 5.76. The molecule has 0 heterocycles. The number of anilines is 1. The van der Waals surface area contributed by atoms with E-state index in [9.17, 15) is 14.9 Å². The van der Waals surface area contributed by atoms with Gasteiger partial charge in [-0.3, -0.25) is 14.9 Å². The summed E-state index contributed by atoms with van der Waals surface area (Å²) in [5, 5.41) is 16.6. The first-order chi connectivity index (χ1) is 12.6. The Morgan fingerprint density at radius 3 is 2.46 bits per heavy atom. The van der Waals surface area contributed by atoms with Crippen molar-refractivity contribution in [3.8, 4) is 11.5 Å². The van der Waals surface area contributed by atoms with Crippen LogP contribution in [-0.2, 0) is 4.79 Å². The molecule has 2 aromatic rings. The van der Waals surface area contributed by atoms with E-state index in [1.54, 1.807) is 49.6 Å². The molecule has 138 valence electrons. The number of carbonyl (C=O) groups is 1. The van der Waals surface area contributed by atoms with Gasteiger partial charge in [-0.2, -0.15) is 0 Å². The van der Waals surface area contributed by atoms with Crippen LogP contribution in [0.1, 0.15) is 6.42 Å². The highest BCUT2D eigenvalue weighted by Gasteiger charge is 2.11. The molecule has 2 rings (SSSR count). The Bertz CT molecular complexity index is 734. The van der Waals surface area contributed by atoms with Crippen LogP contribution >= 0.6 is 0 Å². The van der Waals surface area contributed by atoms with Crippen LogP contribution in [0.25, 0.3) is 0 Å². The molecule has 0 aliphatic carbocycles. The van der Waals surface area contributed by atoms with Gasteiger partial charge in [0.1, 0.15) is 17.2 Å². The predicted octanol–water partition coefficient (Wildman–Crippen LogP) is 2.60. The van der Waals surface area contributed by atoms with Gasteiger partial charge in [-0.1, -0.05) is 12.1 Å². The number of methoxy groups -OCH3 is 1. The Morgan fingerprint density at radius 1 is 1.08 bits per heavy atom. The van der Waals surface area contributed by atoms with Crippen molar-refractivity contribution in [2.24, 2.45) is 0 Å². The maximum atomic E-state index is 11.8. The fourth-order valence-electron chi connectivity index (χ4n) is 2.20. The summed E-state index contributed by atoms with van der Waals surface area (Å²) in [5.74, 6) is 1.25. The third-order valence-corrected chi connectivity index (χ3v) is 3.52. The highest BCUT2D eigenvalue weighted by atomic mass is 16.6. The third-order valence-electron chi connectivity index (χ3n) is 3.52. The molecule has 0 aromatic heterocycles. The molecular weight excluding hydrogens is 338 g/mol. The number of nitro benzene ring substituents is 1. The van der Waals surface area contributed by atoms with Crippen molar-refractivity contribution in [3.05, 3.63) is 58.6 Å². The number of benzene rings is 2. The van der Waals surface area contributed by atoms with Crippen LogP contribution in [0.15, 0.2) is 48.5 Å². The molecule has 0 saturated carbocycles. The van der Waals surface area contributed by atoms with Gasteiger partial charge in [0.15, 0.2) is 0 Å². The summed E-state index contributed by atoms with van der Waals surface area (Å²) in [6, 6.07) is 13.5. The Morgan fingerprint density at radius 2 is 1.77 bits per heavy atom. The van der Waals surface area contributed by atoms with E-state index in [1.807, 2.05) is 0 Å². The van der Waals surface area contributed by atoms with E-state index in [2.05, 4.69) is 10.6 Å². The topological polar surface area (TPSA) is 103 Å². The molecule has 0 spiro atoms. The van der Waals surface area contributed by atoms with Crippen LogP contribution in [0, 0.1) is 10.1 Å². The molecular formula is C18H21N3O5. The number of nitrogens with zero attached hydrogens (tertiary/aromatic N) is 1. The van der Waals surface area contributed by atoms with E-state index in [4.69, 9.17) is 9.47 Å². The lowest BCUT2D eigenvalue weighted by molar-refractivity contribution is -0.384. The van der Waals surface area contributed by atoms with E-state index in [0.717, 1.165) is 5.75 Å². The lowest BCUT2D eigenvalue weighted by Gasteiger charge is -2.09. The van der Waals surface area contributed by atoms with E-state index in [-0.39, 0.29) is 24.6 Å². The molecule has 0 unspecified atom stereocenters. The second kappa shape index (κ2) is 9.87. The molecule has 2 N–H and O–H groups in total. The first-order valence-electron chi connectivity index (χ1n) is 8.11. The first kappa shape index (κ1) is 19.0. The van der Waals surface area contributed by atoms with Gasteiger partial charge in [0, 0.05) is 19.2 Å². The lowest BCUT2D eigenvalue weighted by atomic mass is 10.2. The van der Waals surface area contributed by atoms with Crippen molar-refractivity contribution in [2.45, 2.75) is 6.42 Å². The molecule has 0 aliphatic heterocycles. The molecule has 26 heavy (non-hydrogen) atoms. The molecule has 1 amide bonds. The highest BCUT2D eigenvalue weighted by Crippen LogP contribution is 2.22. The van der Waals surface area contributed by atoms with E-state index >= 15 is 0 Å². The summed E-state index contributed by atoms with van der Waals surface area (Å²) in [6.45, 7) is 0.999. The molecule has 8 nitrogen and oxygen atoms in total. The fourth-order valence-corrected chi connectivity index (χ4v) is 2.20. The number of carbonyl (C=O) groups excluding carboxylic acids is 1. The summed E-state index contributed by atoms with van der Waals surface area (Å²) in [5.41, 5.74) is 0.432. The zero-order valence-corrected chi connectivity index (χ0v) is 14.4. The zero-order valence-electron chi connectivity index (χ0n) is 14.4. The quantitative estimate of drug-likeness (QED) is 0.384. The van der Waals surface area contributed by atoms with Crippen LogP contribution in [0.4, 0.5) is 11.4 Å². The zero-order chi connectivity index (χ0) is 18.8. The van der Waals surface area contributed by atoms with Crippen molar-refractivity contribution in [2.75, 3.05) is 32.1 Å². The number of hydrogen-bond acceptors (Lipinski definition) is 6. The molecule has 0 fully saturated rings. The van der Waals surface area contributed by atoms with Crippen LogP contribution in [0.5, 0.6) is 11.5 Å². The van der Waals surface area contributed by atoms with Gasteiger partial charge in [0.2, 0.25) is 5.91 Å². The third kappa shape index (κ3) is 5.97. The maximum Gasteiger partial charge on any atom is 0.292 e. The minimum atomic E-state index is -0.447. The fraction of sp³-hybridized carbons (Fsp3) is 0.278. The van der Waals surface area contributed by atoms with Crippen LogP contribution in [-0.4, -0.2) is 37.6 Å². The van der Waals surface area contributed by atoms with Gasteiger partial charge in [-0.15, -0.1) is 0 Å². The Kier molecular flexibility index (Phi) is 7.23. The van der Waals surface area contributed by atoms with Gasteiger partial charge in [0.05, 0.1) is 25.1 Å². The van der Waals surface area contributed by atoms with Crippen molar-refractivity contribution < 1.29 is 19.2 Å². The number of nitrogens with one attached hydrogen (secondary N) is 2. The summed E-state index contributed by atoms with van der Waals surface area (Å²) >= 11 is 0. The van der Waals surface area contributed by atoms with Gasteiger partial charge in [-0.25, -0.2) is 0 Å². The van der Waals surface area contributed by atoms with Crippen LogP contribution in [0.2, 0.25) is 0 Å².